The van der Waals surface area contributed by atoms with Gasteiger partial charge >= 0.3 is 0 Å². The summed E-state index contributed by atoms with van der Waals surface area (Å²) >= 11 is 12.2. The van der Waals surface area contributed by atoms with E-state index in [2.05, 4.69) is 11.2 Å². The van der Waals surface area contributed by atoms with Gasteiger partial charge in [0.15, 0.2) is 0 Å². The van der Waals surface area contributed by atoms with Crippen molar-refractivity contribution in [1.82, 2.24) is 9.78 Å². The highest BCUT2D eigenvalue weighted by Crippen LogP contribution is 2.31. The third-order valence-electron chi connectivity index (χ3n) is 3.69. The summed E-state index contributed by atoms with van der Waals surface area (Å²) in [7, 11) is 0. The molecular formula is C19H11Cl2N5. The number of benzene rings is 2. The van der Waals surface area contributed by atoms with Crippen LogP contribution in [0.4, 0.5) is 5.82 Å². The number of anilines is 1. The Morgan fingerprint density at radius 1 is 1.08 bits per heavy atom. The quantitative estimate of drug-likeness (QED) is 0.667. The van der Waals surface area contributed by atoms with E-state index in [-0.39, 0.29) is 22.6 Å². The number of aromatic nitrogens is 2. The van der Waals surface area contributed by atoms with Crippen molar-refractivity contribution in [3.05, 3.63) is 75.4 Å². The van der Waals surface area contributed by atoms with Gasteiger partial charge in [-0.3, -0.25) is 0 Å². The summed E-state index contributed by atoms with van der Waals surface area (Å²) in [6.07, 6.45) is 1.53. The van der Waals surface area contributed by atoms with Crippen LogP contribution in [0.1, 0.15) is 16.8 Å². The van der Waals surface area contributed by atoms with Crippen LogP contribution in [0.25, 0.3) is 17.3 Å². The number of nitriles is 2. The Kier molecular flexibility index (Phi) is 4.95. The van der Waals surface area contributed by atoms with Crippen LogP contribution in [0.2, 0.25) is 10.0 Å². The topological polar surface area (TPSA) is 91.4 Å². The molecule has 0 aliphatic rings. The minimum Gasteiger partial charge on any atom is -0.382 e. The maximum atomic E-state index is 9.60. The number of hydrogen-bond donors (Lipinski definition) is 1. The molecule has 5 nitrogen and oxygen atoms in total. The van der Waals surface area contributed by atoms with Crippen molar-refractivity contribution in [1.29, 1.82) is 10.5 Å². The molecule has 0 aliphatic carbocycles. The fourth-order valence-corrected chi connectivity index (χ4v) is 2.80. The van der Waals surface area contributed by atoms with Gasteiger partial charge in [0.05, 0.1) is 21.3 Å². The van der Waals surface area contributed by atoms with Crippen LogP contribution in [0.5, 0.6) is 0 Å². The molecule has 2 N–H and O–H groups in total. The Morgan fingerprint density at radius 3 is 2.46 bits per heavy atom. The van der Waals surface area contributed by atoms with Crippen LogP contribution >= 0.6 is 23.2 Å². The number of nitrogen functional groups attached to an aromatic ring is 1. The van der Waals surface area contributed by atoms with Crippen LogP contribution in [0, 0.1) is 22.7 Å². The van der Waals surface area contributed by atoms with Crippen molar-refractivity contribution in [3.8, 4) is 17.8 Å². The van der Waals surface area contributed by atoms with Crippen molar-refractivity contribution in [2.45, 2.75) is 0 Å². The highest BCUT2D eigenvalue weighted by molar-refractivity contribution is 6.43. The second-order valence-corrected chi connectivity index (χ2v) is 6.07. The average molecular weight is 380 g/mol. The van der Waals surface area contributed by atoms with E-state index in [4.69, 9.17) is 28.9 Å². The largest absolute Gasteiger partial charge is 0.382 e. The molecule has 0 spiro atoms. The van der Waals surface area contributed by atoms with Gasteiger partial charge in [-0.1, -0.05) is 53.5 Å². The highest BCUT2D eigenvalue weighted by atomic mass is 35.5. The van der Waals surface area contributed by atoms with E-state index in [0.717, 1.165) is 0 Å². The van der Waals surface area contributed by atoms with E-state index in [1.54, 1.807) is 30.3 Å². The van der Waals surface area contributed by atoms with Crippen molar-refractivity contribution >= 4 is 40.7 Å². The smallest absolute Gasteiger partial charge is 0.145 e. The Labute approximate surface area is 160 Å². The first-order valence-corrected chi connectivity index (χ1v) is 8.22. The first kappa shape index (κ1) is 17.6. The monoisotopic (exact) mass is 379 g/mol. The van der Waals surface area contributed by atoms with Gasteiger partial charge in [-0.2, -0.15) is 15.6 Å². The fraction of sp³-hybridized carbons (Fsp3) is 0. The van der Waals surface area contributed by atoms with Crippen molar-refractivity contribution in [2.75, 3.05) is 5.73 Å². The van der Waals surface area contributed by atoms with Crippen LogP contribution in [0.15, 0.2) is 48.5 Å². The zero-order valence-electron chi connectivity index (χ0n) is 13.3. The lowest BCUT2D eigenvalue weighted by Crippen LogP contribution is -2.02. The van der Waals surface area contributed by atoms with E-state index < -0.39 is 0 Å². The SMILES string of the molecule is N#C/C(=C/c1cccc(Cl)c1Cl)c1nn(-c2ccccc2)c(N)c1C#N. The highest BCUT2D eigenvalue weighted by Gasteiger charge is 2.20. The maximum Gasteiger partial charge on any atom is 0.145 e. The number of hydrogen-bond acceptors (Lipinski definition) is 4. The lowest BCUT2D eigenvalue weighted by atomic mass is 10.1. The number of para-hydroxylation sites is 1. The lowest BCUT2D eigenvalue weighted by Gasteiger charge is -2.02. The zero-order chi connectivity index (χ0) is 18.7. The normalized spacial score (nSPS) is 11.0. The number of nitrogens with two attached hydrogens (primary N) is 1. The second-order valence-electron chi connectivity index (χ2n) is 5.28. The molecule has 0 atom stereocenters. The third kappa shape index (κ3) is 3.14. The van der Waals surface area contributed by atoms with Gasteiger partial charge in [-0.15, -0.1) is 0 Å². The van der Waals surface area contributed by atoms with E-state index in [1.165, 1.54) is 10.8 Å². The Bertz CT molecular complexity index is 1090. The van der Waals surface area contributed by atoms with E-state index in [9.17, 15) is 10.5 Å². The fourth-order valence-electron chi connectivity index (χ4n) is 2.44. The van der Waals surface area contributed by atoms with Crippen molar-refractivity contribution in [2.24, 2.45) is 0 Å². The summed E-state index contributed by atoms with van der Waals surface area (Å²) in [5, 5.41) is 24.2. The van der Waals surface area contributed by atoms with E-state index >= 15 is 0 Å². The summed E-state index contributed by atoms with van der Waals surface area (Å²) in [6.45, 7) is 0. The predicted octanol–water partition coefficient (Wildman–Crippen LogP) is 4.70. The van der Waals surface area contributed by atoms with Crippen LogP contribution in [-0.4, -0.2) is 9.78 Å². The second kappa shape index (κ2) is 7.33. The molecule has 7 heteroatoms. The van der Waals surface area contributed by atoms with Crippen LogP contribution in [0.3, 0.4) is 0 Å². The molecule has 0 saturated heterocycles. The molecule has 2 aromatic carbocycles. The van der Waals surface area contributed by atoms with Gasteiger partial charge in [0.25, 0.3) is 0 Å². The molecule has 126 valence electrons. The molecule has 0 radical (unpaired) electrons. The summed E-state index contributed by atoms with van der Waals surface area (Å²) in [4.78, 5) is 0. The molecule has 0 unspecified atom stereocenters. The van der Waals surface area contributed by atoms with Gasteiger partial charge in [-0.25, -0.2) is 4.68 Å². The van der Waals surface area contributed by atoms with Gasteiger partial charge in [0.2, 0.25) is 0 Å². The Morgan fingerprint density at radius 2 is 1.81 bits per heavy atom. The molecule has 0 fully saturated rings. The first-order chi connectivity index (χ1) is 12.6. The molecule has 3 rings (SSSR count). The number of rotatable bonds is 3. The van der Waals surface area contributed by atoms with Gasteiger partial charge in [0, 0.05) is 0 Å². The molecule has 1 aromatic heterocycles. The standard InChI is InChI=1S/C19H11Cl2N5/c20-16-8-4-5-12(17(16)21)9-13(10-22)18-15(11-23)19(24)26(25-18)14-6-2-1-3-7-14/h1-9H,24H2/b13-9-. The van der Waals surface area contributed by atoms with Crippen molar-refractivity contribution < 1.29 is 0 Å². The molecule has 1 heterocycles. The van der Waals surface area contributed by atoms with E-state index in [0.29, 0.717) is 21.3 Å². The molecule has 0 bridgehead atoms. The Balaban J connectivity index is 2.19. The predicted molar refractivity (Wildman–Crippen MR) is 103 cm³/mol. The molecule has 0 aliphatic heterocycles. The lowest BCUT2D eigenvalue weighted by molar-refractivity contribution is 0.885. The van der Waals surface area contributed by atoms with Crippen LogP contribution in [-0.2, 0) is 0 Å². The molecule has 3 aromatic rings. The van der Waals surface area contributed by atoms with Gasteiger partial charge < -0.3 is 5.73 Å². The van der Waals surface area contributed by atoms with Crippen molar-refractivity contribution in [3.63, 3.8) is 0 Å². The Hall–Kier alpha value is -3.25. The first-order valence-electron chi connectivity index (χ1n) is 7.47. The van der Waals surface area contributed by atoms with E-state index in [1.807, 2.05) is 24.3 Å². The third-order valence-corrected chi connectivity index (χ3v) is 4.52. The number of allylic oxidation sites excluding steroid dienone is 1. The number of nitrogens with zero attached hydrogens (tertiary/aromatic N) is 4. The number of halogens is 2. The average Bonchev–Trinajstić information content (AvgIpc) is 3.00. The minimum atomic E-state index is 0.125. The summed E-state index contributed by atoms with van der Waals surface area (Å²) in [5.74, 6) is 0.159. The molecule has 0 saturated carbocycles. The summed E-state index contributed by atoms with van der Waals surface area (Å²) in [5.41, 5.74) is 7.79. The van der Waals surface area contributed by atoms with Gasteiger partial charge in [0.1, 0.15) is 29.2 Å². The zero-order valence-corrected chi connectivity index (χ0v) is 14.8. The summed E-state index contributed by atoms with van der Waals surface area (Å²) in [6, 6.07) is 18.3. The molecule has 0 amide bonds. The molecule has 26 heavy (non-hydrogen) atoms. The maximum absolute atomic E-state index is 9.60. The van der Waals surface area contributed by atoms with Crippen LogP contribution < -0.4 is 5.73 Å². The molecular weight excluding hydrogens is 369 g/mol. The van der Waals surface area contributed by atoms with Gasteiger partial charge in [-0.05, 0) is 29.8 Å². The minimum absolute atomic E-state index is 0.125. The summed E-state index contributed by atoms with van der Waals surface area (Å²) < 4.78 is 1.43.